The molecule has 0 aliphatic carbocycles. The number of hydrogen-bond donors (Lipinski definition) is 1. The van der Waals surface area contributed by atoms with Crippen LogP contribution in [-0.2, 0) is 6.42 Å². The first-order chi connectivity index (χ1) is 7.74. The van der Waals surface area contributed by atoms with E-state index in [2.05, 4.69) is 11.9 Å². The van der Waals surface area contributed by atoms with Gasteiger partial charge in [0, 0.05) is 6.42 Å². The summed E-state index contributed by atoms with van der Waals surface area (Å²) in [5.74, 6) is 6.39. The molecule has 2 rings (SSSR count). The van der Waals surface area contributed by atoms with E-state index < -0.39 is 0 Å². The number of fused-ring (bicyclic) bond motifs is 1. The van der Waals surface area contributed by atoms with E-state index in [0.717, 1.165) is 29.5 Å². The standard InChI is InChI=1S/C12H15N3O/c1-2-3-8-11-14-10-7-5-4-6-9(10)12(16)15(11)13/h4-7H,2-3,8,13H2,1H3. The molecule has 1 aromatic carbocycles. The molecule has 1 aromatic heterocycles. The number of unbranched alkanes of at least 4 members (excludes halogenated alkanes) is 1. The Bertz CT molecular complexity index is 560. The summed E-state index contributed by atoms with van der Waals surface area (Å²) in [5, 5.41) is 0.574. The van der Waals surface area contributed by atoms with Gasteiger partial charge in [0.15, 0.2) is 0 Å². The lowest BCUT2D eigenvalue weighted by atomic mass is 10.2. The van der Waals surface area contributed by atoms with Crippen molar-refractivity contribution in [1.82, 2.24) is 9.66 Å². The van der Waals surface area contributed by atoms with E-state index in [1.54, 1.807) is 6.07 Å². The van der Waals surface area contributed by atoms with Crippen LogP contribution in [0.1, 0.15) is 25.6 Å². The summed E-state index contributed by atoms with van der Waals surface area (Å²) in [5.41, 5.74) is 0.553. The molecule has 0 saturated carbocycles. The lowest BCUT2D eigenvalue weighted by Crippen LogP contribution is -2.31. The summed E-state index contributed by atoms with van der Waals surface area (Å²) in [7, 11) is 0. The van der Waals surface area contributed by atoms with Gasteiger partial charge in [-0.15, -0.1) is 0 Å². The average Bonchev–Trinajstić information content (AvgIpc) is 2.32. The molecular formula is C12H15N3O. The molecule has 2 aromatic rings. The summed E-state index contributed by atoms with van der Waals surface area (Å²) in [6.45, 7) is 2.10. The smallest absolute Gasteiger partial charge is 0.279 e. The number of para-hydroxylation sites is 1. The summed E-state index contributed by atoms with van der Waals surface area (Å²) in [4.78, 5) is 16.3. The molecule has 0 amide bonds. The predicted octanol–water partition coefficient (Wildman–Crippen LogP) is 1.45. The van der Waals surface area contributed by atoms with Crippen LogP contribution in [0, 0.1) is 0 Å². The van der Waals surface area contributed by atoms with Crippen LogP contribution in [0.3, 0.4) is 0 Å². The maximum absolute atomic E-state index is 11.9. The summed E-state index contributed by atoms with van der Waals surface area (Å²) >= 11 is 0. The zero-order valence-corrected chi connectivity index (χ0v) is 9.31. The zero-order valence-electron chi connectivity index (χ0n) is 9.31. The highest BCUT2D eigenvalue weighted by molar-refractivity contribution is 5.77. The van der Waals surface area contributed by atoms with Crippen LogP contribution in [0.4, 0.5) is 0 Å². The Morgan fingerprint density at radius 3 is 2.88 bits per heavy atom. The number of nitrogens with zero attached hydrogens (tertiary/aromatic N) is 2. The van der Waals surface area contributed by atoms with Crippen LogP contribution in [0.25, 0.3) is 10.9 Å². The van der Waals surface area contributed by atoms with Gasteiger partial charge in [0.05, 0.1) is 10.9 Å². The van der Waals surface area contributed by atoms with Gasteiger partial charge in [0.25, 0.3) is 5.56 Å². The Balaban J connectivity index is 2.60. The summed E-state index contributed by atoms with van der Waals surface area (Å²) in [6, 6.07) is 7.28. The van der Waals surface area contributed by atoms with Crippen LogP contribution < -0.4 is 11.4 Å². The van der Waals surface area contributed by atoms with Gasteiger partial charge < -0.3 is 5.84 Å². The van der Waals surface area contributed by atoms with Gasteiger partial charge in [-0.05, 0) is 18.6 Å². The fourth-order valence-corrected chi connectivity index (χ4v) is 1.70. The molecule has 0 aliphatic heterocycles. The lowest BCUT2D eigenvalue weighted by molar-refractivity contribution is 0.706. The van der Waals surface area contributed by atoms with Crippen LogP contribution >= 0.6 is 0 Å². The number of hydrogen-bond acceptors (Lipinski definition) is 3. The maximum atomic E-state index is 11.9. The Kier molecular flexibility index (Phi) is 2.90. The van der Waals surface area contributed by atoms with Crippen LogP contribution in [0.5, 0.6) is 0 Å². The summed E-state index contributed by atoms with van der Waals surface area (Å²) < 4.78 is 1.16. The third kappa shape index (κ3) is 1.78. The monoisotopic (exact) mass is 217 g/mol. The van der Waals surface area contributed by atoms with Gasteiger partial charge in [0.1, 0.15) is 5.82 Å². The molecule has 0 fully saturated rings. The van der Waals surface area contributed by atoms with Crippen molar-refractivity contribution in [3.63, 3.8) is 0 Å². The van der Waals surface area contributed by atoms with Gasteiger partial charge in [-0.3, -0.25) is 4.79 Å². The van der Waals surface area contributed by atoms with Crippen molar-refractivity contribution in [2.45, 2.75) is 26.2 Å². The number of aryl methyl sites for hydroxylation is 1. The lowest BCUT2D eigenvalue weighted by Gasteiger charge is -2.07. The normalized spacial score (nSPS) is 10.8. The number of nitrogen functional groups attached to an aromatic ring is 1. The fraction of sp³-hybridized carbons (Fsp3) is 0.333. The van der Waals surface area contributed by atoms with E-state index in [4.69, 9.17) is 5.84 Å². The van der Waals surface area contributed by atoms with Crippen molar-refractivity contribution in [1.29, 1.82) is 0 Å². The minimum atomic E-state index is -0.170. The molecule has 0 spiro atoms. The molecule has 4 heteroatoms. The topological polar surface area (TPSA) is 60.9 Å². The van der Waals surface area contributed by atoms with E-state index in [9.17, 15) is 4.79 Å². The van der Waals surface area contributed by atoms with Crippen molar-refractivity contribution in [2.24, 2.45) is 0 Å². The molecule has 0 atom stereocenters. The molecule has 84 valence electrons. The fourth-order valence-electron chi connectivity index (χ4n) is 1.70. The van der Waals surface area contributed by atoms with Crippen molar-refractivity contribution in [2.75, 3.05) is 5.84 Å². The SMILES string of the molecule is CCCCc1nc2ccccc2c(=O)n1N. The molecule has 0 radical (unpaired) electrons. The van der Waals surface area contributed by atoms with Crippen molar-refractivity contribution in [3.05, 3.63) is 40.4 Å². The second-order valence-corrected chi connectivity index (χ2v) is 3.82. The second-order valence-electron chi connectivity index (χ2n) is 3.82. The predicted molar refractivity (Wildman–Crippen MR) is 64.8 cm³/mol. The molecule has 0 saturated heterocycles. The molecular weight excluding hydrogens is 202 g/mol. The van der Waals surface area contributed by atoms with E-state index in [1.807, 2.05) is 18.2 Å². The van der Waals surface area contributed by atoms with Crippen molar-refractivity contribution >= 4 is 10.9 Å². The molecule has 0 bridgehead atoms. The van der Waals surface area contributed by atoms with E-state index in [-0.39, 0.29) is 5.56 Å². The minimum Gasteiger partial charge on any atom is -0.335 e. The Morgan fingerprint density at radius 1 is 1.38 bits per heavy atom. The second kappa shape index (κ2) is 4.35. The van der Waals surface area contributed by atoms with Gasteiger partial charge in [-0.1, -0.05) is 25.5 Å². The molecule has 16 heavy (non-hydrogen) atoms. The number of aromatic nitrogens is 2. The van der Waals surface area contributed by atoms with Gasteiger partial charge in [-0.25, -0.2) is 9.66 Å². The maximum Gasteiger partial charge on any atom is 0.279 e. The van der Waals surface area contributed by atoms with Gasteiger partial charge in [-0.2, -0.15) is 0 Å². The highest BCUT2D eigenvalue weighted by Crippen LogP contribution is 2.08. The zero-order chi connectivity index (χ0) is 11.5. The first-order valence-electron chi connectivity index (χ1n) is 5.49. The highest BCUT2D eigenvalue weighted by Gasteiger charge is 2.07. The Labute approximate surface area is 93.7 Å². The third-order valence-electron chi connectivity index (χ3n) is 2.63. The Hall–Kier alpha value is -1.84. The van der Waals surface area contributed by atoms with Gasteiger partial charge in [0.2, 0.25) is 0 Å². The largest absolute Gasteiger partial charge is 0.335 e. The number of benzene rings is 1. The molecule has 0 unspecified atom stereocenters. The first kappa shape index (κ1) is 10.7. The highest BCUT2D eigenvalue weighted by atomic mass is 16.1. The number of nitrogens with two attached hydrogens (primary N) is 1. The molecule has 0 aliphatic rings. The quantitative estimate of drug-likeness (QED) is 0.791. The van der Waals surface area contributed by atoms with E-state index >= 15 is 0 Å². The first-order valence-corrected chi connectivity index (χ1v) is 5.49. The minimum absolute atomic E-state index is 0.170. The summed E-state index contributed by atoms with van der Waals surface area (Å²) in [6.07, 6.45) is 2.79. The Morgan fingerprint density at radius 2 is 2.12 bits per heavy atom. The van der Waals surface area contributed by atoms with E-state index in [0.29, 0.717) is 11.2 Å². The average molecular weight is 217 g/mol. The van der Waals surface area contributed by atoms with Crippen molar-refractivity contribution < 1.29 is 0 Å². The van der Waals surface area contributed by atoms with Crippen molar-refractivity contribution in [3.8, 4) is 0 Å². The van der Waals surface area contributed by atoms with Crippen LogP contribution in [0.2, 0.25) is 0 Å². The number of rotatable bonds is 3. The van der Waals surface area contributed by atoms with Gasteiger partial charge >= 0.3 is 0 Å². The third-order valence-corrected chi connectivity index (χ3v) is 2.63. The van der Waals surface area contributed by atoms with E-state index in [1.165, 1.54) is 0 Å². The molecule has 1 heterocycles. The van der Waals surface area contributed by atoms with Crippen LogP contribution in [-0.4, -0.2) is 9.66 Å². The molecule has 4 nitrogen and oxygen atoms in total. The molecule has 2 N–H and O–H groups in total. The van der Waals surface area contributed by atoms with Crippen LogP contribution in [0.15, 0.2) is 29.1 Å².